The molecule has 0 aliphatic heterocycles. The van der Waals surface area contributed by atoms with Gasteiger partial charge in [0.05, 0.1) is 0 Å². The Morgan fingerprint density at radius 2 is 2.67 bits per heavy atom. The highest BCUT2D eigenvalue weighted by Crippen LogP contribution is 1.61. The summed E-state index contributed by atoms with van der Waals surface area (Å²) in [6, 6.07) is 1.79. The normalized spacial score (nSPS) is 5.33. The van der Waals surface area contributed by atoms with Crippen LogP contribution >= 0.6 is 0 Å². The fourth-order valence-electron chi connectivity index (χ4n) is 0.0577. The van der Waals surface area contributed by atoms with E-state index >= 15 is 0 Å². The lowest BCUT2D eigenvalue weighted by Crippen LogP contribution is -1.61. The fraction of sp³-hybridized carbons (Fsp3) is 0.500. The van der Waals surface area contributed by atoms with Crippen molar-refractivity contribution in [3.63, 3.8) is 0 Å². The van der Waals surface area contributed by atoms with Crippen molar-refractivity contribution in [1.82, 2.24) is 0 Å². The molecule has 0 aromatic rings. The molecule has 6 heavy (non-hydrogen) atoms. The number of hydrogen-bond donors (Lipinski definition) is 0. The van der Waals surface area contributed by atoms with Crippen LogP contribution in [-0.2, 0) is 0 Å². The van der Waals surface area contributed by atoms with Gasteiger partial charge in [-0.05, 0) is 5.18 Å². The molecule has 0 bridgehead atoms. The molecule has 0 saturated carbocycles. The maximum Gasteiger partial charge on any atom is 0.325 e. The Hall–Kier alpha value is -1.11. The monoisotopic (exact) mass is 86.0 g/mol. The van der Waals surface area contributed by atoms with Gasteiger partial charge in [0.2, 0.25) is 6.54 Å². The Bertz CT molecular complexity index is 89.5. The summed E-state index contributed by atoms with van der Waals surface area (Å²) in [5.41, 5.74) is 0. The quantitative estimate of drug-likeness (QED) is 0.266. The minimum Gasteiger partial charge on any atom is -0.498 e. The van der Waals surface area contributed by atoms with Crippen molar-refractivity contribution < 1.29 is 0 Å². The molecule has 0 spiro atoms. The third kappa shape index (κ3) is 2.89. The van der Waals surface area contributed by atoms with Gasteiger partial charge in [0, 0.05) is 5.01 Å². The van der Waals surface area contributed by atoms with Crippen molar-refractivity contribution in [3.8, 4) is 6.07 Å². The van der Waals surface area contributed by atoms with E-state index in [0.29, 0.717) is 0 Å². The molecule has 4 heteroatoms. The van der Waals surface area contributed by atoms with Gasteiger partial charge in [-0.2, -0.15) is 0 Å². The smallest absolute Gasteiger partial charge is 0.325 e. The topological polar surface area (TPSA) is 56.8 Å². The maximum atomic E-state index is 9.05. The van der Waals surface area contributed by atoms with Crippen LogP contribution in [0.3, 0.4) is 0 Å². The first-order chi connectivity index (χ1) is 2.91. The first-order valence-electron chi connectivity index (χ1n) is 1.26. The molecule has 0 aliphatic rings. The van der Waals surface area contributed by atoms with Gasteiger partial charge in [-0.3, -0.25) is 0 Å². The molecule has 0 heterocycles. The second kappa shape index (κ2) is 3.89. The zero-order valence-electron chi connectivity index (χ0n) is 2.92. The minimum absolute atomic E-state index is 0.247. The van der Waals surface area contributed by atoms with E-state index in [-0.39, 0.29) is 6.54 Å². The molecule has 0 saturated heterocycles. The molecular weight excluding hydrogens is 84.0 g/mol. The van der Waals surface area contributed by atoms with Crippen molar-refractivity contribution in [2.75, 3.05) is 6.54 Å². The van der Waals surface area contributed by atoms with Crippen LogP contribution in [0, 0.1) is 16.2 Å². The summed E-state index contributed by atoms with van der Waals surface area (Å²) < 4.78 is 0. The average molecular weight is 86.0 g/mol. The van der Waals surface area contributed by atoms with Gasteiger partial charge in [-0.1, -0.05) is 0 Å². The first kappa shape index (κ1) is 4.89. The van der Waals surface area contributed by atoms with E-state index < -0.39 is 0 Å². The van der Waals surface area contributed by atoms with Crippen molar-refractivity contribution in [2.45, 2.75) is 0 Å². The zero-order valence-corrected chi connectivity index (χ0v) is 2.92. The molecule has 0 amide bonds. The van der Waals surface area contributed by atoms with Crippen LogP contribution in [-0.4, -0.2) is 6.54 Å². The molecule has 0 atom stereocenters. The summed E-state index contributed by atoms with van der Waals surface area (Å²) in [4.78, 5) is 9.05. The molecule has 0 aromatic carbocycles. The Labute approximate surface area is 34.1 Å². The summed E-state index contributed by atoms with van der Waals surface area (Å²) in [5, 5.41) is 13.4. The largest absolute Gasteiger partial charge is 0.498 e. The van der Waals surface area contributed by atoms with Gasteiger partial charge in [-0.25, -0.2) is 0 Å². The summed E-state index contributed by atoms with van der Waals surface area (Å²) >= 11 is 0. The van der Waals surface area contributed by atoms with Gasteiger partial charge in [0.1, 0.15) is 0 Å². The Morgan fingerprint density at radius 1 is 2.00 bits per heavy atom. The highest BCUT2D eigenvalue weighted by atomic mass is 16.4. The van der Waals surface area contributed by atoms with E-state index in [1.54, 1.807) is 6.07 Å². The fourth-order valence-corrected chi connectivity index (χ4v) is 0.0577. The SMILES string of the molecule is O=NCC#[N+][O-]. The summed E-state index contributed by atoms with van der Waals surface area (Å²) in [6.45, 7) is -0.247. The number of rotatable bonds is 1. The molecule has 0 N–H and O–H groups in total. The van der Waals surface area contributed by atoms with Crippen LogP contribution in [0.1, 0.15) is 0 Å². The number of nitrogens with zero attached hydrogens (tertiary/aromatic N) is 2. The lowest BCUT2D eigenvalue weighted by molar-refractivity contribution is 1.26. The number of hydrogen-bond acceptors (Lipinski definition) is 3. The molecular formula is C2H2N2O2. The van der Waals surface area contributed by atoms with Gasteiger partial charge in [0.25, 0.3) is 0 Å². The van der Waals surface area contributed by atoms with Crippen molar-refractivity contribution in [3.05, 3.63) is 15.1 Å². The van der Waals surface area contributed by atoms with Gasteiger partial charge in [-0.15, -0.1) is 4.91 Å². The lowest BCUT2D eigenvalue weighted by atomic mass is 10.8. The third-order valence-electron chi connectivity index (χ3n) is 0.200. The Morgan fingerprint density at radius 3 is 2.83 bits per heavy atom. The summed E-state index contributed by atoms with van der Waals surface area (Å²) in [6.07, 6.45) is 0. The van der Waals surface area contributed by atoms with Crippen LogP contribution < -0.4 is 0 Å². The molecule has 0 aromatic heterocycles. The Balaban J connectivity index is 3.00. The van der Waals surface area contributed by atoms with E-state index in [2.05, 4.69) is 10.2 Å². The van der Waals surface area contributed by atoms with E-state index in [0.717, 1.165) is 0 Å². The molecule has 0 fully saturated rings. The second-order valence-electron chi connectivity index (χ2n) is 0.537. The van der Waals surface area contributed by atoms with Gasteiger partial charge >= 0.3 is 6.07 Å². The molecule has 0 unspecified atom stereocenters. The zero-order chi connectivity index (χ0) is 4.83. The van der Waals surface area contributed by atoms with Crippen LogP contribution in [0.25, 0.3) is 5.01 Å². The van der Waals surface area contributed by atoms with Crippen LogP contribution in [0.2, 0.25) is 0 Å². The lowest BCUT2D eigenvalue weighted by Gasteiger charge is -1.51. The predicted molar refractivity (Wildman–Crippen MR) is 21.3 cm³/mol. The molecule has 32 valence electrons. The van der Waals surface area contributed by atoms with Crippen LogP contribution in [0.15, 0.2) is 5.18 Å². The second-order valence-corrected chi connectivity index (χ2v) is 0.537. The van der Waals surface area contributed by atoms with Gasteiger partial charge in [0.15, 0.2) is 0 Å². The summed E-state index contributed by atoms with van der Waals surface area (Å²) in [5.74, 6) is 0. The van der Waals surface area contributed by atoms with E-state index in [9.17, 15) is 0 Å². The highest BCUT2D eigenvalue weighted by Gasteiger charge is 1.74. The first-order valence-corrected chi connectivity index (χ1v) is 1.26. The third-order valence-corrected chi connectivity index (χ3v) is 0.200. The Kier molecular flexibility index (Phi) is 3.17. The molecule has 0 aliphatic carbocycles. The van der Waals surface area contributed by atoms with Crippen molar-refractivity contribution in [1.29, 1.82) is 0 Å². The van der Waals surface area contributed by atoms with Gasteiger partial charge < -0.3 is 5.21 Å². The van der Waals surface area contributed by atoms with Crippen LogP contribution in [0.4, 0.5) is 0 Å². The highest BCUT2D eigenvalue weighted by molar-refractivity contribution is 4.88. The van der Waals surface area contributed by atoms with Crippen molar-refractivity contribution >= 4 is 0 Å². The predicted octanol–water partition coefficient (Wildman–Crippen LogP) is 0.584. The minimum atomic E-state index is -0.247. The molecule has 0 rings (SSSR count). The van der Waals surface area contributed by atoms with E-state index in [4.69, 9.17) is 10.1 Å². The van der Waals surface area contributed by atoms with Crippen LogP contribution in [0.5, 0.6) is 0 Å². The molecule has 0 radical (unpaired) electrons. The van der Waals surface area contributed by atoms with Crippen molar-refractivity contribution in [2.24, 2.45) is 5.18 Å². The standard InChI is InChI=1S/C2H2N2O2/c5-3-1-2-4-6/h1H2. The maximum absolute atomic E-state index is 9.05. The number of nitroso groups, excluding NO2 is 1. The molecule has 4 nitrogen and oxygen atoms in total. The van der Waals surface area contributed by atoms with E-state index in [1.807, 2.05) is 0 Å². The average Bonchev–Trinajstić information content (AvgIpc) is 1.61. The van der Waals surface area contributed by atoms with E-state index in [1.165, 1.54) is 0 Å². The summed E-state index contributed by atoms with van der Waals surface area (Å²) in [7, 11) is 0.